The van der Waals surface area contributed by atoms with Crippen molar-refractivity contribution in [2.24, 2.45) is 0 Å². The highest BCUT2D eigenvalue weighted by Crippen LogP contribution is 2.37. The van der Waals surface area contributed by atoms with Gasteiger partial charge in [-0.05, 0) is 81.6 Å². The zero-order chi connectivity index (χ0) is 13.1. The quantitative estimate of drug-likeness (QED) is 0.618. The Bertz CT molecular complexity index is 516. The van der Waals surface area contributed by atoms with E-state index in [-0.39, 0.29) is 0 Å². The Labute approximate surface area is 134 Å². The molecule has 18 heavy (non-hydrogen) atoms. The zero-order valence-corrected chi connectivity index (χ0v) is 14.4. The van der Waals surface area contributed by atoms with Gasteiger partial charge in [0.15, 0.2) is 0 Å². The Kier molecular flexibility index (Phi) is 4.71. The molecule has 4 heteroatoms. The maximum atomic E-state index is 5.45. The maximum Gasteiger partial charge on any atom is 0.127 e. The highest BCUT2D eigenvalue weighted by atomic mass is 127. The van der Waals surface area contributed by atoms with E-state index in [0.29, 0.717) is 0 Å². The van der Waals surface area contributed by atoms with Gasteiger partial charge in [-0.25, -0.2) is 0 Å². The van der Waals surface area contributed by atoms with Crippen LogP contribution in [0.5, 0.6) is 11.5 Å². The monoisotopic (exact) mass is 466 g/mol. The summed E-state index contributed by atoms with van der Waals surface area (Å²) in [6, 6.07) is 12.3. The number of rotatable bonds is 3. The summed E-state index contributed by atoms with van der Waals surface area (Å²) in [6.45, 7) is 0. The molecule has 0 saturated heterocycles. The topological polar surface area (TPSA) is 18.5 Å². The Morgan fingerprint density at radius 2 is 1.11 bits per heavy atom. The van der Waals surface area contributed by atoms with Crippen LogP contribution in [0.2, 0.25) is 0 Å². The number of ether oxygens (including phenoxy) is 2. The van der Waals surface area contributed by atoms with E-state index in [0.717, 1.165) is 29.8 Å². The first-order chi connectivity index (χ1) is 8.65. The second kappa shape index (κ2) is 6.10. The van der Waals surface area contributed by atoms with Crippen LogP contribution in [0.1, 0.15) is 0 Å². The minimum Gasteiger partial charge on any atom is -0.496 e. The summed E-state index contributed by atoms with van der Waals surface area (Å²) in [5.74, 6) is 1.72. The molecule has 0 atom stereocenters. The summed E-state index contributed by atoms with van der Waals surface area (Å²) >= 11 is 4.55. The summed E-state index contributed by atoms with van der Waals surface area (Å²) in [5.41, 5.74) is 2.09. The van der Waals surface area contributed by atoms with Crippen molar-refractivity contribution in [3.8, 4) is 22.6 Å². The van der Waals surface area contributed by atoms with Gasteiger partial charge in [0.2, 0.25) is 0 Å². The molecule has 2 nitrogen and oxygen atoms in total. The van der Waals surface area contributed by atoms with Gasteiger partial charge in [0.25, 0.3) is 0 Å². The lowest BCUT2D eigenvalue weighted by atomic mass is 10.0. The van der Waals surface area contributed by atoms with Crippen LogP contribution >= 0.6 is 45.2 Å². The Morgan fingerprint density at radius 1 is 0.722 bits per heavy atom. The third-order valence-corrected chi connectivity index (χ3v) is 3.96. The fraction of sp³-hybridized carbons (Fsp3) is 0.143. The fourth-order valence-electron chi connectivity index (χ4n) is 1.78. The van der Waals surface area contributed by atoms with Gasteiger partial charge >= 0.3 is 0 Å². The molecule has 0 radical (unpaired) electrons. The molecule has 0 aliphatic carbocycles. The van der Waals surface area contributed by atoms with Gasteiger partial charge < -0.3 is 9.47 Å². The molecular weight excluding hydrogens is 454 g/mol. The Morgan fingerprint density at radius 3 is 1.44 bits per heavy atom. The van der Waals surface area contributed by atoms with Crippen molar-refractivity contribution in [3.05, 3.63) is 43.5 Å². The van der Waals surface area contributed by atoms with E-state index in [1.165, 1.54) is 0 Å². The zero-order valence-electron chi connectivity index (χ0n) is 10.0. The SMILES string of the molecule is COc1cc(I)ccc1-c1ccc(I)cc1OC. The van der Waals surface area contributed by atoms with Crippen molar-refractivity contribution in [1.82, 2.24) is 0 Å². The third-order valence-electron chi connectivity index (χ3n) is 2.62. The third kappa shape index (κ3) is 2.90. The molecule has 0 aliphatic rings. The summed E-state index contributed by atoms with van der Waals surface area (Å²) in [4.78, 5) is 0. The van der Waals surface area contributed by atoms with Gasteiger partial charge in [-0.3, -0.25) is 0 Å². The molecule has 0 fully saturated rings. The highest BCUT2D eigenvalue weighted by Gasteiger charge is 2.11. The standard InChI is InChI=1S/C14H12I2O2/c1-17-13-7-9(15)3-5-11(13)12-6-4-10(16)8-14(12)18-2/h3-8H,1-2H3. The summed E-state index contributed by atoms with van der Waals surface area (Å²) in [6.07, 6.45) is 0. The first-order valence-electron chi connectivity index (χ1n) is 5.33. The van der Waals surface area contributed by atoms with Crippen molar-refractivity contribution in [1.29, 1.82) is 0 Å². The lowest BCUT2D eigenvalue weighted by Gasteiger charge is -2.13. The molecule has 0 saturated carbocycles. The van der Waals surface area contributed by atoms with Crippen LogP contribution in [0.25, 0.3) is 11.1 Å². The van der Waals surface area contributed by atoms with Crippen molar-refractivity contribution >= 4 is 45.2 Å². The van der Waals surface area contributed by atoms with Crippen LogP contribution in [-0.4, -0.2) is 14.2 Å². The Balaban J connectivity index is 2.61. The lowest BCUT2D eigenvalue weighted by molar-refractivity contribution is 0.410. The second-order valence-electron chi connectivity index (χ2n) is 3.69. The number of methoxy groups -OCH3 is 2. The van der Waals surface area contributed by atoms with E-state index in [1.807, 2.05) is 12.1 Å². The number of hydrogen-bond acceptors (Lipinski definition) is 2. The second-order valence-corrected chi connectivity index (χ2v) is 6.18. The molecule has 0 amide bonds. The van der Waals surface area contributed by atoms with Crippen LogP contribution in [0.4, 0.5) is 0 Å². The molecule has 0 N–H and O–H groups in total. The molecule has 2 aromatic carbocycles. The van der Waals surface area contributed by atoms with Gasteiger partial charge in [-0.1, -0.05) is 0 Å². The predicted molar refractivity (Wildman–Crippen MR) is 90.4 cm³/mol. The molecule has 0 bridgehead atoms. The molecule has 2 aromatic rings. The molecule has 0 aliphatic heterocycles. The van der Waals surface area contributed by atoms with E-state index in [9.17, 15) is 0 Å². The average molecular weight is 466 g/mol. The summed E-state index contributed by atoms with van der Waals surface area (Å²) in [7, 11) is 3.38. The van der Waals surface area contributed by atoms with Gasteiger partial charge in [-0.2, -0.15) is 0 Å². The minimum absolute atomic E-state index is 0.862. The van der Waals surface area contributed by atoms with E-state index < -0.39 is 0 Å². The first-order valence-corrected chi connectivity index (χ1v) is 7.49. The predicted octanol–water partition coefficient (Wildman–Crippen LogP) is 4.58. The van der Waals surface area contributed by atoms with E-state index in [1.54, 1.807) is 14.2 Å². The molecular formula is C14H12I2O2. The van der Waals surface area contributed by atoms with Crippen LogP contribution in [0, 0.1) is 7.14 Å². The van der Waals surface area contributed by atoms with Crippen molar-refractivity contribution in [2.45, 2.75) is 0 Å². The summed E-state index contributed by atoms with van der Waals surface area (Å²) < 4.78 is 13.2. The van der Waals surface area contributed by atoms with E-state index >= 15 is 0 Å². The van der Waals surface area contributed by atoms with Crippen LogP contribution in [-0.2, 0) is 0 Å². The maximum absolute atomic E-state index is 5.45. The molecule has 2 rings (SSSR count). The fourth-order valence-corrected chi connectivity index (χ4v) is 2.70. The minimum atomic E-state index is 0.862. The first kappa shape index (κ1) is 13.9. The number of halogens is 2. The van der Waals surface area contributed by atoms with Crippen LogP contribution in [0.15, 0.2) is 36.4 Å². The molecule has 0 aromatic heterocycles. The van der Waals surface area contributed by atoms with Crippen molar-refractivity contribution in [3.63, 3.8) is 0 Å². The smallest absolute Gasteiger partial charge is 0.127 e. The van der Waals surface area contributed by atoms with Gasteiger partial charge in [-0.15, -0.1) is 0 Å². The summed E-state index contributed by atoms with van der Waals surface area (Å²) in [5, 5.41) is 0. The van der Waals surface area contributed by atoms with Gasteiger partial charge in [0.05, 0.1) is 14.2 Å². The molecule has 0 unspecified atom stereocenters. The van der Waals surface area contributed by atoms with Crippen molar-refractivity contribution in [2.75, 3.05) is 14.2 Å². The van der Waals surface area contributed by atoms with E-state index in [4.69, 9.17) is 9.47 Å². The Hall–Kier alpha value is -0.500. The van der Waals surface area contributed by atoms with Crippen LogP contribution in [0.3, 0.4) is 0 Å². The lowest BCUT2D eigenvalue weighted by Crippen LogP contribution is -1.93. The average Bonchev–Trinajstić information content (AvgIpc) is 2.38. The molecule has 0 spiro atoms. The van der Waals surface area contributed by atoms with Crippen LogP contribution < -0.4 is 9.47 Å². The molecule has 0 heterocycles. The van der Waals surface area contributed by atoms with E-state index in [2.05, 4.69) is 69.4 Å². The van der Waals surface area contributed by atoms with Gasteiger partial charge in [0, 0.05) is 18.3 Å². The van der Waals surface area contributed by atoms with Gasteiger partial charge in [0.1, 0.15) is 11.5 Å². The van der Waals surface area contributed by atoms with Crippen molar-refractivity contribution < 1.29 is 9.47 Å². The normalized spacial score (nSPS) is 10.2. The largest absolute Gasteiger partial charge is 0.496 e. The number of benzene rings is 2. The number of hydrogen-bond donors (Lipinski definition) is 0. The highest BCUT2D eigenvalue weighted by molar-refractivity contribution is 14.1. The molecule has 94 valence electrons.